The van der Waals surface area contributed by atoms with E-state index < -0.39 is 17.6 Å². The van der Waals surface area contributed by atoms with Crippen molar-refractivity contribution in [1.29, 1.82) is 0 Å². The molecule has 1 heterocycles. The normalized spacial score (nSPS) is 11.3. The third-order valence-corrected chi connectivity index (χ3v) is 1.52. The van der Waals surface area contributed by atoms with Gasteiger partial charge in [-0.1, -0.05) is 0 Å². The van der Waals surface area contributed by atoms with E-state index in [4.69, 9.17) is 4.74 Å². The molecule has 6 heteroatoms. The Hall–Kier alpha value is -1.59. The Labute approximate surface area is 87.2 Å². The van der Waals surface area contributed by atoms with E-state index in [2.05, 4.69) is 10.4 Å². The molecule has 1 aromatic heterocycles. The van der Waals surface area contributed by atoms with Gasteiger partial charge in [0.2, 0.25) is 5.75 Å². The first-order valence-electron chi connectivity index (χ1n) is 4.47. The van der Waals surface area contributed by atoms with E-state index in [9.17, 15) is 9.18 Å². The average molecular weight is 215 g/mol. The zero-order valence-electron chi connectivity index (χ0n) is 9.17. The van der Waals surface area contributed by atoms with Gasteiger partial charge in [0.15, 0.2) is 0 Å². The van der Waals surface area contributed by atoms with Crippen molar-refractivity contribution in [1.82, 2.24) is 15.1 Å². The van der Waals surface area contributed by atoms with Crippen LogP contribution in [-0.4, -0.2) is 21.4 Å². The Kier molecular flexibility index (Phi) is 2.97. The van der Waals surface area contributed by atoms with Crippen LogP contribution < -0.4 is 10.1 Å². The van der Waals surface area contributed by atoms with Gasteiger partial charge in [-0.25, -0.2) is 9.48 Å². The Balaban J connectivity index is 2.63. The van der Waals surface area contributed by atoms with Gasteiger partial charge in [0.05, 0.1) is 6.20 Å². The van der Waals surface area contributed by atoms with Crippen LogP contribution in [0, 0.1) is 5.95 Å². The molecule has 0 unspecified atom stereocenters. The standard InChI is InChI=1S/C9H14FN3O2/c1-9(2,3)12-8(14)15-6-5-11-13(4)7(6)10/h5H,1-4H3,(H,12,14). The van der Waals surface area contributed by atoms with Gasteiger partial charge in [0, 0.05) is 12.6 Å². The minimum atomic E-state index is -0.700. The van der Waals surface area contributed by atoms with Gasteiger partial charge < -0.3 is 10.1 Å². The summed E-state index contributed by atoms with van der Waals surface area (Å²) in [6.07, 6.45) is 0.451. The summed E-state index contributed by atoms with van der Waals surface area (Å²) in [5, 5.41) is 6.14. The summed E-state index contributed by atoms with van der Waals surface area (Å²) in [4.78, 5) is 11.3. The van der Waals surface area contributed by atoms with Crippen molar-refractivity contribution in [3.05, 3.63) is 12.1 Å². The molecule has 15 heavy (non-hydrogen) atoms. The van der Waals surface area contributed by atoms with E-state index in [1.54, 1.807) is 20.8 Å². The molecule has 0 atom stereocenters. The van der Waals surface area contributed by atoms with Crippen molar-refractivity contribution in [2.45, 2.75) is 26.3 Å². The van der Waals surface area contributed by atoms with Gasteiger partial charge >= 0.3 is 6.09 Å². The van der Waals surface area contributed by atoms with Crippen molar-refractivity contribution < 1.29 is 13.9 Å². The number of carbonyl (C=O) groups excluding carboxylic acids is 1. The summed E-state index contributed by atoms with van der Waals surface area (Å²) < 4.78 is 18.9. The summed E-state index contributed by atoms with van der Waals surface area (Å²) in [5.41, 5.74) is -0.421. The molecule has 1 rings (SSSR count). The number of carbonyl (C=O) groups is 1. The van der Waals surface area contributed by atoms with Crippen LogP contribution in [0.4, 0.5) is 9.18 Å². The predicted octanol–water partition coefficient (Wildman–Crippen LogP) is 1.45. The fraction of sp³-hybridized carbons (Fsp3) is 0.556. The quantitative estimate of drug-likeness (QED) is 0.771. The van der Waals surface area contributed by atoms with E-state index in [-0.39, 0.29) is 5.75 Å². The second-order valence-corrected chi connectivity index (χ2v) is 4.19. The molecule has 0 fully saturated rings. The lowest BCUT2D eigenvalue weighted by atomic mass is 10.1. The van der Waals surface area contributed by atoms with Gasteiger partial charge in [-0.05, 0) is 20.8 Å². The number of nitrogens with one attached hydrogen (secondary N) is 1. The van der Waals surface area contributed by atoms with Crippen LogP contribution in [0.15, 0.2) is 6.20 Å². The van der Waals surface area contributed by atoms with E-state index in [0.29, 0.717) is 0 Å². The molecule has 0 aromatic carbocycles. The third kappa shape index (κ3) is 3.23. The van der Waals surface area contributed by atoms with E-state index in [0.717, 1.165) is 10.9 Å². The number of hydrogen-bond acceptors (Lipinski definition) is 3. The minimum Gasteiger partial charge on any atom is -0.404 e. The van der Waals surface area contributed by atoms with Crippen LogP contribution >= 0.6 is 0 Å². The third-order valence-electron chi connectivity index (χ3n) is 1.52. The first-order chi connectivity index (χ1) is 6.79. The molecule has 1 amide bonds. The molecule has 0 aliphatic heterocycles. The van der Waals surface area contributed by atoms with Gasteiger partial charge in [-0.15, -0.1) is 0 Å². The van der Waals surface area contributed by atoms with Gasteiger partial charge in [0.25, 0.3) is 5.95 Å². The van der Waals surface area contributed by atoms with Gasteiger partial charge in [-0.3, -0.25) is 0 Å². The van der Waals surface area contributed by atoms with Crippen molar-refractivity contribution in [2.75, 3.05) is 0 Å². The molecule has 0 radical (unpaired) electrons. The number of halogens is 1. The predicted molar refractivity (Wildman–Crippen MR) is 52.1 cm³/mol. The number of aromatic nitrogens is 2. The number of hydrogen-bond donors (Lipinski definition) is 1. The van der Waals surface area contributed by atoms with Crippen LogP contribution in [0.2, 0.25) is 0 Å². The summed E-state index contributed by atoms with van der Waals surface area (Å²) in [5.74, 6) is -0.863. The summed E-state index contributed by atoms with van der Waals surface area (Å²) in [6.45, 7) is 5.40. The highest BCUT2D eigenvalue weighted by atomic mass is 19.1. The van der Waals surface area contributed by atoms with Crippen LogP contribution in [0.5, 0.6) is 5.75 Å². The monoisotopic (exact) mass is 215 g/mol. The molecule has 1 aromatic rings. The Bertz CT molecular complexity index is 368. The lowest BCUT2D eigenvalue weighted by Gasteiger charge is -2.19. The van der Waals surface area contributed by atoms with Crippen LogP contribution in [-0.2, 0) is 7.05 Å². The van der Waals surface area contributed by atoms with E-state index in [1.165, 1.54) is 7.05 Å². The molecule has 0 aliphatic rings. The van der Waals surface area contributed by atoms with Crippen molar-refractivity contribution in [3.8, 4) is 5.75 Å². The SMILES string of the molecule is Cn1ncc(OC(=O)NC(C)(C)C)c1F. The molecule has 1 N–H and O–H groups in total. The molecule has 0 aliphatic carbocycles. The maximum atomic E-state index is 13.2. The second kappa shape index (κ2) is 3.88. The molecule has 84 valence electrons. The lowest BCUT2D eigenvalue weighted by molar-refractivity contribution is 0.188. The second-order valence-electron chi connectivity index (χ2n) is 4.19. The number of aryl methyl sites for hydroxylation is 1. The minimum absolute atomic E-state index is 0.181. The molecular formula is C9H14FN3O2. The molecule has 0 saturated heterocycles. The highest BCUT2D eigenvalue weighted by Gasteiger charge is 2.18. The summed E-state index contributed by atoms with van der Waals surface area (Å²) >= 11 is 0. The Morgan fingerprint density at radius 3 is 2.60 bits per heavy atom. The fourth-order valence-electron chi connectivity index (χ4n) is 0.902. The zero-order valence-corrected chi connectivity index (χ0v) is 9.17. The Morgan fingerprint density at radius 2 is 2.20 bits per heavy atom. The van der Waals surface area contributed by atoms with Crippen LogP contribution in [0.3, 0.4) is 0 Å². The first kappa shape index (κ1) is 11.5. The molecule has 0 spiro atoms. The van der Waals surface area contributed by atoms with E-state index in [1.807, 2.05) is 0 Å². The van der Waals surface area contributed by atoms with Gasteiger partial charge in [-0.2, -0.15) is 9.49 Å². The lowest BCUT2D eigenvalue weighted by Crippen LogP contribution is -2.42. The van der Waals surface area contributed by atoms with Crippen LogP contribution in [0.1, 0.15) is 20.8 Å². The van der Waals surface area contributed by atoms with Crippen molar-refractivity contribution in [3.63, 3.8) is 0 Å². The average Bonchev–Trinajstić information content (AvgIpc) is 2.32. The van der Waals surface area contributed by atoms with Crippen LogP contribution in [0.25, 0.3) is 0 Å². The number of amides is 1. The maximum absolute atomic E-state index is 13.2. The fourth-order valence-corrected chi connectivity index (χ4v) is 0.902. The van der Waals surface area contributed by atoms with Crippen molar-refractivity contribution in [2.24, 2.45) is 7.05 Å². The summed E-state index contributed by atoms with van der Waals surface area (Å²) in [6, 6.07) is 0. The zero-order chi connectivity index (χ0) is 11.6. The highest BCUT2D eigenvalue weighted by Crippen LogP contribution is 2.14. The van der Waals surface area contributed by atoms with Crippen molar-refractivity contribution >= 4 is 6.09 Å². The first-order valence-corrected chi connectivity index (χ1v) is 4.47. The van der Waals surface area contributed by atoms with E-state index >= 15 is 0 Å². The largest absolute Gasteiger partial charge is 0.413 e. The smallest absolute Gasteiger partial charge is 0.404 e. The van der Waals surface area contributed by atoms with Gasteiger partial charge in [0.1, 0.15) is 0 Å². The summed E-state index contributed by atoms with van der Waals surface area (Å²) in [7, 11) is 1.42. The molecule has 5 nitrogen and oxygen atoms in total. The molecule has 0 saturated carbocycles. The number of rotatable bonds is 1. The highest BCUT2D eigenvalue weighted by molar-refractivity contribution is 5.70. The Morgan fingerprint density at radius 1 is 1.60 bits per heavy atom. The molecule has 0 bridgehead atoms. The maximum Gasteiger partial charge on any atom is 0.413 e. The molecular weight excluding hydrogens is 201 g/mol. The number of nitrogens with zero attached hydrogens (tertiary/aromatic N) is 2. The number of ether oxygens (including phenoxy) is 1. The topological polar surface area (TPSA) is 56.2 Å².